The van der Waals surface area contributed by atoms with E-state index < -0.39 is 17.7 Å². The minimum Gasteiger partial charge on any atom is -0.320 e. The molecule has 1 aromatic carbocycles. The molecule has 0 amide bonds. The molecule has 0 saturated carbocycles. The molecule has 0 saturated heterocycles. The molecular formula is C20H15BrF2N4OS. The third-order valence-corrected chi connectivity index (χ3v) is 6.27. The van der Waals surface area contributed by atoms with Crippen molar-refractivity contribution in [3.63, 3.8) is 0 Å². The van der Waals surface area contributed by atoms with E-state index in [2.05, 4.69) is 25.9 Å². The second-order valence-electron chi connectivity index (χ2n) is 6.47. The topological polar surface area (TPSA) is 51.0 Å². The molecule has 0 fully saturated rings. The molecule has 0 spiro atoms. The predicted octanol–water partition coefficient (Wildman–Crippen LogP) is 5.27. The lowest BCUT2D eigenvalue weighted by molar-refractivity contribution is 0.502. The molecule has 0 aliphatic rings. The maximum absolute atomic E-state index is 13.7. The van der Waals surface area contributed by atoms with Gasteiger partial charge in [0.25, 0.3) is 5.56 Å². The maximum Gasteiger partial charge on any atom is 0.265 e. The number of benzene rings is 1. The first-order chi connectivity index (χ1) is 13.9. The summed E-state index contributed by atoms with van der Waals surface area (Å²) < 4.78 is 29.0. The molecule has 0 N–H and O–H groups in total. The average Bonchev–Trinajstić information content (AvgIpc) is 3.25. The fourth-order valence-electron chi connectivity index (χ4n) is 3.12. The summed E-state index contributed by atoms with van der Waals surface area (Å²) in [6.07, 6.45) is 3.02. The monoisotopic (exact) mass is 476 g/mol. The van der Waals surface area contributed by atoms with Crippen LogP contribution >= 0.6 is 27.3 Å². The highest BCUT2D eigenvalue weighted by Crippen LogP contribution is 2.32. The number of fused-ring (bicyclic) bond motifs is 1. The Labute approximate surface area is 177 Å². The average molecular weight is 477 g/mol. The number of nitrogens with zero attached hydrogens (tertiary/aromatic N) is 4. The maximum atomic E-state index is 13.7. The van der Waals surface area contributed by atoms with Crippen LogP contribution in [0.2, 0.25) is 0 Å². The highest BCUT2D eigenvalue weighted by Gasteiger charge is 2.20. The number of anilines is 2. The fourth-order valence-corrected chi connectivity index (χ4v) is 4.22. The van der Waals surface area contributed by atoms with E-state index >= 15 is 0 Å². The highest BCUT2D eigenvalue weighted by molar-refractivity contribution is 9.10. The lowest BCUT2D eigenvalue weighted by Crippen LogP contribution is -2.26. The molecule has 9 heteroatoms. The van der Waals surface area contributed by atoms with E-state index in [0.717, 1.165) is 17.1 Å². The summed E-state index contributed by atoms with van der Waals surface area (Å²) in [6.45, 7) is 1.73. The van der Waals surface area contributed by atoms with E-state index in [1.807, 2.05) is 29.5 Å². The Balaban J connectivity index is 1.91. The molecule has 3 heterocycles. The van der Waals surface area contributed by atoms with Gasteiger partial charge in [-0.15, -0.1) is 11.3 Å². The Hall–Kier alpha value is -2.65. The molecule has 5 nitrogen and oxygen atoms in total. The number of aromatic nitrogens is 3. The van der Waals surface area contributed by atoms with Crippen LogP contribution in [0, 0.1) is 11.6 Å². The number of rotatable bonds is 4. The van der Waals surface area contributed by atoms with Gasteiger partial charge in [-0.3, -0.25) is 9.36 Å². The summed E-state index contributed by atoms with van der Waals surface area (Å²) in [5, 5.41) is 3.20. The van der Waals surface area contributed by atoms with Crippen LogP contribution in [0.5, 0.6) is 0 Å². The molecular weight excluding hydrogens is 462 g/mol. The minimum atomic E-state index is -0.960. The normalized spacial score (nSPS) is 12.3. The van der Waals surface area contributed by atoms with E-state index in [9.17, 15) is 13.6 Å². The largest absolute Gasteiger partial charge is 0.320 e. The zero-order chi connectivity index (χ0) is 20.7. The summed E-state index contributed by atoms with van der Waals surface area (Å²) in [7, 11) is 1.83. The Bertz CT molecular complexity index is 1260. The van der Waals surface area contributed by atoms with E-state index in [1.165, 1.54) is 28.3 Å². The van der Waals surface area contributed by atoms with Gasteiger partial charge in [0.15, 0.2) is 11.6 Å². The highest BCUT2D eigenvalue weighted by atomic mass is 79.9. The van der Waals surface area contributed by atoms with Gasteiger partial charge in [-0.1, -0.05) is 6.07 Å². The van der Waals surface area contributed by atoms with Crippen LogP contribution in [-0.4, -0.2) is 21.6 Å². The molecule has 0 bridgehead atoms. The van der Waals surface area contributed by atoms with Crippen LogP contribution in [0.4, 0.5) is 19.6 Å². The first-order valence-electron chi connectivity index (χ1n) is 8.66. The first-order valence-corrected chi connectivity index (χ1v) is 10.3. The van der Waals surface area contributed by atoms with Gasteiger partial charge >= 0.3 is 0 Å². The quantitative estimate of drug-likeness (QED) is 0.402. The van der Waals surface area contributed by atoms with E-state index in [-0.39, 0.29) is 5.56 Å². The van der Waals surface area contributed by atoms with Crippen molar-refractivity contribution in [2.24, 2.45) is 0 Å². The van der Waals surface area contributed by atoms with Crippen LogP contribution < -0.4 is 10.5 Å². The Morgan fingerprint density at radius 1 is 1.21 bits per heavy atom. The van der Waals surface area contributed by atoms with Gasteiger partial charge in [-0.25, -0.2) is 18.7 Å². The Morgan fingerprint density at radius 2 is 2.00 bits per heavy atom. The van der Waals surface area contributed by atoms with Crippen LogP contribution in [-0.2, 0) is 0 Å². The number of halogens is 3. The van der Waals surface area contributed by atoms with Crippen LogP contribution in [0.1, 0.15) is 18.5 Å². The van der Waals surface area contributed by atoms with Gasteiger partial charge in [-0.05, 0) is 58.1 Å². The van der Waals surface area contributed by atoms with Crippen molar-refractivity contribution >= 4 is 49.0 Å². The van der Waals surface area contributed by atoms with Crippen molar-refractivity contribution in [2.75, 3.05) is 11.9 Å². The summed E-state index contributed by atoms with van der Waals surface area (Å²) in [4.78, 5) is 24.1. The molecule has 0 radical (unpaired) electrons. The van der Waals surface area contributed by atoms with Crippen molar-refractivity contribution < 1.29 is 8.78 Å². The van der Waals surface area contributed by atoms with E-state index in [4.69, 9.17) is 0 Å². The van der Waals surface area contributed by atoms with Crippen molar-refractivity contribution in [1.82, 2.24) is 14.5 Å². The van der Waals surface area contributed by atoms with Gasteiger partial charge in [0.1, 0.15) is 11.2 Å². The van der Waals surface area contributed by atoms with E-state index in [0.29, 0.717) is 26.8 Å². The van der Waals surface area contributed by atoms with Crippen LogP contribution in [0.25, 0.3) is 10.9 Å². The van der Waals surface area contributed by atoms with Gasteiger partial charge < -0.3 is 4.90 Å². The fraction of sp³-hybridized carbons (Fsp3) is 0.150. The van der Waals surface area contributed by atoms with Gasteiger partial charge in [0.2, 0.25) is 0 Å². The molecule has 148 valence electrons. The summed E-state index contributed by atoms with van der Waals surface area (Å²) in [5.41, 5.74) is 0.625. The molecule has 0 aliphatic heterocycles. The summed E-state index contributed by atoms with van der Waals surface area (Å²) >= 11 is 4.93. The predicted molar refractivity (Wildman–Crippen MR) is 114 cm³/mol. The standard InChI is InChI=1S/C20H15BrF2N4OS/c1-11(12-5-6-14(22)15(23)8-12)27-10-25-18-13(21)9-24-19(17(18)20(27)28)26(2)16-4-3-7-29-16/h3-11H,1-2H3. The molecule has 29 heavy (non-hydrogen) atoms. The number of hydrogen-bond acceptors (Lipinski definition) is 5. The van der Waals surface area contributed by atoms with Crippen molar-refractivity contribution in [1.29, 1.82) is 0 Å². The van der Waals surface area contributed by atoms with Crippen molar-refractivity contribution in [2.45, 2.75) is 13.0 Å². The second-order valence-corrected chi connectivity index (χ2v) is 8.25. The zero-order valence-electron chi connectivity index (χ0n) is 15.4. The van der Waals surface area contributed by atoms with Crippen molar-refractivity contribution in [3.05, 3.63) is 80.3 Å². The van der Waals surface area contributed by atoms with Crippen molar-refractivity contribution in [3.8, 4) is 0 Å². The van der Waals surface area contributed by atoms with Crippen LogP contribution in [0.3, 0.4) is 0 Å². The first kappa shape index (κ1) is 19.7. The molecule has 1 atom stereocenters. The molecule has 3 aromatic heterocycles. The number of thiophene rings is 1. The summed E-state index contributed by atoms with van der Waals surface area (Å²) in [6, 6.07) is 6.90. The summed E-state index contributed by atoms with van der Waals surface area (Å²) in [5.74, 6) is -1.42. The zero-order valence-corrected chi connectivity index (χ0v) is 17.8. The van der Waals surface area contributed by atoms with E-state index in [1.54, 1.807) is 13.1 Å². The number of pyridine rings is 1. The smallest absolute Gasteiger partial charge is 0.265 e. The SMILES string of the molecule is CC(c1ccc(F)c(F)c1)n1cnc2c(Br)cnc(N(C)c3cccs3)c2c1=O. The second kappa shape index (κ2) is 7.64. The third-order valence-electron chi connectivity index (χ3n) is 4.74. The Kier molecular flexibility index (Phi) is 5.18. The molecule has 0 aliphatic carbocycles. The van der Waals surface area contributed by atoms with Crippen LogP contribution in [0.15, 0.2) is 57.5 Å². The minimum absolute atomic E-state index is 0.320. The molecule has 1 unspecified atom stereocenters. The molecule has 4 aromatic rings. The lowest BCUT2D eigenvalue weighted by atomic mass is 10.1. The van der Waals surface area contributed by atoms with Gasteiger partial charge in [0, 0.05) is 13.2 Å². The molecule has 4 rings (SSSR count). The number of hydrogen-bond donors (Lipinski definition) is 0. The van der Waals surface area contributed by atoms with Gasteiger partial charge in [-0.2, -0.15) is 0 Å². The Morgan fingerprint density at radius 3 is 2.69 bits per heavy atom. The van der Waals surface area contributed by atoms with Gasteiger partial charge in [0.05, 0.1) is 27.4 Å². The third kappa shape index (κ3) is 3.44. The lowest BCUT2D eigenvalue weighted by Gasteiger charge is -2.20.